The smallest absolute Gasteiger partial charge is 0.282 e. The van der Waals surface area contributed by atoms with Crippen LogP contribution in [0.3, 0.4) is 0 Å². The van der Waals surface area contributed by atoms with Crippen LogP contribution in [0.1, 0.15) is 25.3 Å². The van der Waals surface area contributed by atoms with Crippen LogP contribution in [0.2, 0.25) is 5.02 Å². The molecule has 7 heteroatoms. The Hall–Kier alpha value is -0.660. The molecular formula is C14H22ClN3O2S. The molecule has 1 aliphatic heterocycles. The zero-order valence-corrected chi connectivity index (χ0v) is 13.9. The van der Waals surface area contributed by atoms with Crippen LogP contribution >= 0.6 is 11.6 Å². The predicted octanol–water partition coefficient (Wildman–Crippen LogP) is 1.83. The minimum Gasteiger partial charge on any atom is -0.328 e. The maximum absolute atomic E-state index is 12.7. The molecule has 2 rings (SSSR count). The van der Waals surface area contributed by atoms with E-state index in [9.17, 15) is 8.42 Å². The summed E-state index contributed by atoms with van der Waals surface area (Å²) in [6.45, 7) is 2.72. The normalized spacial score (nSPS) is 24.4. The Bertz CT molecular complexity index is 576. The van der Waals surface area contributed by atoms with Crippen LogP contribution in [0.4, 0.5) is 0 Å². The topological polar surface area (TPSA) is 66.6 Å². The molecule has 1 aliphatic rings. The lowest BCUT2D eigenvalue weighted by molar-refractivity contribution is 0.231. The molecule has 0 radical (unpaired) electrons. The van der Waals surface area contributed by atoms with E-state index < -0.39 is 10.2 Å². The van der Waals surface area contributed by atoms with E-state index in [-0.39, 0.29) is 12.1 Å². The van der Waals surface area contributed by atoms with Crippen LogP contribution < -0.4 is 5.73 Å². The van der Waals surface area contributed by atoms with Gasteiger partial charge in [-0.25, -0.2) is 0 Å². The average Bonchev–Trinajstić information content (AvgIpc) is 2.40. The highest BCUT2D eigenvalue weighted by Crippen LogP contribution is 2.22. The molecule has 2 atom stereocenters. The van der Waals surface area contributed by atoms with E-state index in [1.807, 2.05) is 19.1 Å². The van der Waals surface area contributed by atoms with Gasteiger partial charge in [-0.3, -0.25) is 0 Å². The summed E-state index contributed by atoms with van der Waals surface area (Å²) in [5.41, 5.74) is 6.81. The van der Waals surface area contributed by atoms with Crippen LogP contribution in [-0.4, -0.2) is 42.7 Å². The molecule has 0 aliphatic carbocycles. The standard InChI is InChI=1S/C14H22ClN3O2S/c1-11-9-14(16)7-8-18(11)21(19,20)17(2)10-12-3-5-13(15)6-4-12/h3-6,11,14H,7-10,16H2,1-2H3/t11-,14-/m0/s1. The van der Waals surface area contributed by atoms with Crippen LogP contribution in [0.25, 0.3) is 0 Å². The van der Waals surface area contributed by atoms with Gasteiger partial charge in [0.05, 0.1) is 0 Å². The van der Waals surface area contributed by atoms with Crippen molar-refractivity contribution in [3.63, 3.8) is 0 Å². The predicted molar refractivity (Wildman–Crippen MR) is 85.2 cm³/mol. The summed E-state index contributed by atoms with van der Waals surface area (Å²) in [5.74, 6) is 0. The first kappa shape index (κ1) is 16.7. The van der Waals surface area contributed by atoms with Gasteiger partial charge in [0, 0.05) is 37.2 Å². The molecule has 0 bridgehead atoms. The zero-order valence-electron chi connectivity index (χ0n) is 12.4. The maximum atomic E-state index is 12.7. The van der Waals surface area contributed by atoms with Crippen molar-refractivity contribution in [2.75, 3.05) is 13.6 Å². The molecule has 0 saturated carbocycles. The van der Waals surface area contributed by atoms with Gasteiger partial charge in [0.1, 0.15) is 0 Å². The van der Waals surface area contributed by atoms with Crippen molar-refractivity contribution >= 4 is 21.8 Å². The fourth-order valence-electron chi connectivity index (χ4n) is 2.64. The number of rotatable bonds is 4. The number of benzene rings is 1. The highest BCUT2D eigenvalue weighted by Gasteiger charge is 2.34. The lowest BCUT2D eigenvalue weighted by Crippen LogP contribution is -2.52. The number of piperidine rings is 1. The van der Waals surface area contributed by atoms with Crippen molar-refractivity contribution in [3.05, 3.63) is 34.9 Å². The number of nitrogens with two attached hydrogens (primary N) is 1. The van der Waals surface area contributed by atoms with Gasteiger partial charge in [-0.15, -0.1) is 0 Å². The van der Waals surface area contributed by atoms with Gasteiger partial charge in [-0.05, 0) is 37.5 Å². The second kappa shape index (κ2) is 6.62. The first-order valence-electron chi connectivity index (χ1n) is 7.04. The second-order valence-corrected chi connectivity index (χ2v) is 8.06. The average molecular weight is 332 g/mol. The van der Waals surface area contributed by atoms with Crippen LogP contribution in [-0.2, 0) is 16.8 Å². The van der Waals surface area contributed by atoms with E-state index in [4.69, 9.17) is 17.3 Å². The monoisotopic (exact) mass is 331 g/mol. The Balaban J connectivity index is 2.09. The van der Waals surface area contributed by atoms with Gasteiger partial charge >= 0.3 is 0 Å². The minimum absolute atomic E-state index is 0.0635. The van der Waals surface area contributed by atoms with Gasteiger partial charge in [0.15, 0.2) is 0 Å². The van der Waals surface area contributed by atoms with Crippen molar-refractivity contribution in [2.45, 2.75) is 38.4 Å². The van der Waals surface area contributed by atoms with Gasteiger partial charge in [-0.2, -0.15) is 17.0 Å². The van der Waals surface area contributed by atoms with E-state index in [1.54, 1.807) is 23.5 Å². The summed E-state index contributed by atoms with van der Waals surface area (Å²) in [4.78, 5) is 0. The number of hydrogen-bond donors (Lipinski definition) is 1. The fourth-order valence-corrected chi connectivity index (χ4v) is 4.31. The number of nitrogens with zero attached hydrogens (tertiary/aromatic N) is 2. The Kier molecular flexibility index (Phi) is 5.27. The summed E-state index contributed by atoms with van der Waals surface area (Å²) in [6.07, 6.45) is 1.41. The summed E-state index contributed by atoms with van der Waals surface area (Å²) in [5, 5.41) is 0.642. The van der Waals surface area contributed by atoms with Crippen LogP contribution in [0.5, 0.6) is 0 Å². The zero-order chi connectivity index (χ0) is 15.6. The van der Waals surface area contributed by atoms with Crippen molar-refractivity contribution in [2.24, 2.45) is 5.73 Å². The SMILES string of the molecule is C[C@H]1C[C@@H](N)CCN1S(=O)(=O)N(C)Cc1ccc(Cl)cc1. The molecule has 0 amide bonds. The molecule has 21 heavy (non-hydrogen) atoms. The Morgan fingerprint density at radius 3 is 2.57 bits per heavy atom. The molecule has 1 aromatic carbocycles. The van der Waals surface area contributed by atoms with Gasteiger partial charge in [0.2, 0.25) is 0 Å². The Labute approximate surface area is 131 Å². The lowest BCUT2D eigenvalue weighted by atomic mass is 10.0. The fraction of sp³-hybridized carbons (Fsp3) is 0.571. The third-order valence-electron chi connectivity index (χ3n) is 3.86. The molecule has 1 aromatic rings. The van der Waals surface area contributed by atoms with Crippen LogP contribution in [0, 0.1) is 0 Å². The summed E-state index contributed by atoms with van der Waals surface area (Å²) >= 11 is 5.84. The van der Waals surface area contributed by atoms with Crippen LogP contribution in [0.15, 0.2) is 24.3 Å². The van der Waals surface area contributed by atoms with E-state index in [2.05, 4.69) is 0 Å². The van der Waals surface area contributed by atoms with Crippen molar-refractivity contribution in [1.29, 1.82) is 0 Å². The van der Waals surface area contributed by atoms with E-state index in [0.717, 1.165) is 5.56 Å². The quantitative estimate of drug-likeness (QED) is 0.915. The maximum Gasteiger partial charge on any atom is 0.282 e. The minimum atomic E-state index is -3.46. The first-order chi connectivity index (χ1) is 9.80. The molecule has 0 spiro atoms. The molecule has 1 saturated heterocycles. The highest BCUT2D eigenvalue weighted by molar-refractivity contribution is 7.86. The molecular weight excluding hydrogens is 310 g/mol. The van der Waals surface area contributed by atoms with E-state index in [1.165, 1.54) is 4.31 Å². The highest BCUT2D eigenvalue weighted by atomic mass is 35.5. The van der Waals surface area contributed by atoms with Crippen molar-refractivity contribution in [1.82, 2.24) is 8.61 Å². The summed E-state index contributed by atoms with van der Waals surface area (Å²) in [6, 6.07) is 7.23. The van der Waals surface area contributed by atoms with Gasteiger partial charge < -0.3 is 5.73 Å². The summed E-state index contributed by atoms with van der Waals surface area (Å²) in [7, 11) is -1.86. The Morgan fingerprint density at radius 1 is 1.38 bits per heavy atom. The molecule has 0 unspecified atom stereocenters. The lowest BCUT2D eigenvalue weighted by Gasteiger charge is -2.37. The van der Waals surface area contributed by atoms with Crippen molar-refractivity contribution < 1.29 is 8.42 Å². The Morgan fingerprint density at radius 2 is 2.00 bits per heavy atom. The molecule has 118 valence electrons. The summed E-state index contributed by atoms with van der Waals surface area (Å²) < 4.78 is 28.2. The molecule has 1 heterocycles. The second-order valence-electron chi connectivity index (χ2n) is 5.63. The third kappa shape index (κ3) is 3.96. The largest absolute Gasteiger partial charge is 0.328 e. The van der Waals surface area contributed by atoms with Gasteiger partial charge in [-0.1, -0.05) is 23.7 Å². The molecule has 2 N–H and O–H groups in total. The van der Waals surface area contributed by atoms with Gasteiger partial charge in [0.25, 0.3) is 10.2 Å². The van der Waals surface area contributed by atoms with Crippen molar-refractivity contribution in [3.8, 4) is 0 Å². The number of hydrogen-bond acceptors (Lipinski definition) is 3. The first-order valence-corrected chi connectivity index (χ1v) is 8.81. The number of halogens is 1. The molecule has 1 fully saturated rings. The van der Waals surface area contributed by atoms with E-state index >= 15 is 0 Å². The van der Waals surface area contributed by atoms with E-state index in [0.29, 0.717) is 31.0 Å². The third-order valence-corrected chi connectivity index (χ3v) is 6.17. The molecule has 0 aromatic heterocycles. The molecule has 5 nitrogen and oxygen atoms in total.